The molecule has 0 saturated carbocycles. The number of carbonyl (C=O) groups excluding carboxylic acids is 1. The van der Waals surface area contributed by atoms with Crippen LogP contribution in [0.15, 0.2) is 22.9 Å². The van der Waals surface area contributed by atoms with Gasteiger partial charge in [0.15, 0.2) is 11.4 Å². The lowest BCUT2D eigenvalue weighted by Gasteiger charge is -2.34. The summed E-state index contributed by atoms with van der Waals surface area (Å²) in [7, 11) is 0. The summed E-state index contributed by atoms with van der Waals surface area (Å²) in [4.78, 5) is 22.4. The molecule has 0 aromatic carbocycles. The Kier molecular flexibility index (Phi) is 4.97. The molecule has 5 rings (SSSR count). The number of hydrogen-bond acceptors (Lipinski definition) is 6. The van der Waals surface area contributed by atoms with E-state index in [2.05, 4.69) is 11.8 Å². The second kappa shape index (κ2) is 7.67. The molecular formula is C23H30N6O2. The Labute approximate surface area is 182 Å². The Morgan fingerprint density at radius 1 is 1.16 bits per heavy atom. The van der Waals surface area contributed by atoms with E-state index in [0.717, 1.165) is 72.6 Å². The van der Waals surface area contributed by atoms with Crippen molar-refractivity contribution in [3.8, 4) is 0 Å². The molecule has 0 spiro atoms. The maximum atomic E-state index is 13.3. The van der Waals surface area contributed by atoms with Crippen molar-refractivity contribution in [3.05, 3.63) is 46.7 Å². The Hall–Kier alpha value is -2.87. The van der Waals surface area contributed by atoms with Crippen LogP contribution < -0.4 is 10.6 Å². The molecule has 2 fully saturated rings. The van der Waals surface area contributed by atoms with Crippen LogP contribution in [0.2, 0.25) is 0 Å². The summed E-state index contributed by atoms with van der Waals surface area (Å²) < 4.78 is 7.44. The van der Waals surface area contributed by atoms with Gasteiger partial charge in [0, 0.05) is 49.1 Å². The molecule has 8 heteroatoms. The topological polar surface area (TPSA) is 92.9 Å². The summed E-state index contributed by atoms with van der Waals surface area (Å²) in [5, 5.41) is 4.82. The number of amides is 1. The van der Waals surface area contributed by atoms with E-state index in [0.29, 0.717) is 12.3 Å². The average molecular weight is 423 g/mol. The van der Waals surface area contributed by atoms with E-state index in [1.807, 2.05) is 35.5 Å². The van der Waals surface area contributed by atoms with Crippen LogP contribution in [0.3, 0.4) is 0 Å². The zero-order valence-electron chi connectivity index (χ0n) is 18.5. The molecular weight excluding hydrogens is 392 g/mol. The maximum absolute atomic E-state index is 13.3. The second-order valence-corrected chi connectivity index (χ2v) is 9.00. The van der Waals surface area contributed by atoms with Crippen LogP contribution in [0.1, 0.15) is 64.7 Å². The fraction of sp³-hybridized carbons (Fsp3) is 0.522. The molecule has 2 aliphatic rings. The smallest absolute Gasteiger partial charge is 0.290 e. The van der Waals surface area contributed by atoms with Gasteiger partial charge in [-0.25, -0.2) is 9.50 Å². The van der Waals surface area contributed by atoms with Gasteiger partial charge in [-0.2, -0.15) is 5.10 Å². The first kappa shape index (κ1) is 20.1. The highest BCUT2D eigenvalue weighted by atomic mass is 16.3. The highest BCUT2D eigenvalue weighted by Gasteiger charge is 2.33. The Morgan fingerprint density at radius 2 is 2.00 bits per heavy atom. The van der Waals surface area contributed by atoms with Crippen molar-refractivity contribution in [3.63, 3.8) is 0 Å². The van der Waals surface area contributed by atoms with Crippen LogP contribution in [0.4, 0.5) is 5.82 Å². The van der Waals surface area contributed by atoms with E-state index in [-0.39, 0.29) is 18.0 Å². The number of piperidine rings is 1. The fourth-order valence-electron chi connectivity index (χ4n) is 4.81. The lowest BCUT2D eigenvalue weighted by molar-refractivity contribution is 0.0572. The average Bonchev–Trinajstić information content (AvgIpc) is 3.46. The molecule has 2 saturated heterocycles. The number of nitrogens with two attached hydrogens (primary N) is 1. The van der Waals surface area contributed by atoms with Gasteiger partial charge in [-0.3, -0.25) is 4.79 Å². The van der Waals surface area contributed by atoms with E-state index < -0.39 is 0 Å². The van der Waals surface area contributed by atoms with E-state index in [4.69, 9.17) is 20.2 Å². The molecule has 3 aromatic heterocycles. The molecule has 0 aliphatic carbocycles. The molecule has 8 nitrogen and oxygen atoms in total. The van der Waals surface area contributed by atoms with Crippen LogP contribution in [0.5, 0.6) is 0 Å². The Morgan fingerprint density at radius 3 is 2.71 bits per heavy atom. The first-order valence-electron chi connectivity index (χ1n) is 11.2. The Bertz CT molecular complexity index is 1130. The summed E-state index contributed by atoms with van der Waals surface area (Å²) in [5.74, 6) is 1.36. The Balaban J connectivity index is 1.48. The summed E-state index contributed by atoms with van der Waals surface area (Å²) in [6.45, 7) is 8.43. The summed E-state index contributed by atoms with van der Waals surface area (Å²) >= 11 is 0. The predicted octanol–water partition coefficient (Wildman–Crippen LogP) is 3.15. The predicted molar refractivity (Wildman–Crippen MR) is 118 cm³/mol. The summed E-state index contributed by atoms with van der Waals surface area (Å²) in [5.41, 5.74) is 10.8. The van der Waals surface area contributed by atoms with Gasteiger partial charge in [-0.1, -0.05) is 0 Å². The van der Waals surface area contributed by atoms with Gasteiger partial charge in [0.2, 0.25) is 0 Å². The van der Waals surface area contributed by atoms with Gasteiger partial charge in [-0.15, -0.1) is 0 Å². The number of nitrogens with zero attached hydrogens (tertiary/aromatic N) is 5. The van der Waals surface area contributed by atoms with Crippen molar-refractivity contribution in [1.29, 1.82) is 0 Å². The zero-order chi connectivity index (χ0) is 21.7. The van der Waals surface area contributed by atoms with E-state index in [9.17, 15) is 4.79 Å². The van der Waals surface area contributed by atoms with Gasteiger partial charge >= 0.3 is 0 Å². The number of likely N-dealkylation sites (tertiary alicyclic amines) is 1. The third-order valence-electron chi connectivity index (χ3n) is 6.73. The largest absolute Gasteiger partial charge is 0.459 e. The van der Waals surface area contributed by atoms with Crippen LogP contribution in [-0.4, -0.2) is 51.1 Å². The molecule has 0 radical (unpaired) electrons. The van der Waals surface area contributed by atoms with Crippen molar-refractivity contribution in [2.75, 3.05) is 24.5 Å². The van der Waals surface area contributed by atoms with Crippen molar-refractivity contribution in [2.45, 2.75) is 58.5 Å². The van der Waals surface area contributed by atoms with Gasteiger partial charge in [0.05, 0.1) is 18.0 Å². The maximum Gasteiger partial charge on any atom is 0.290 e. The molecule has 2 N–H and O–H groups in total. The lowest BCUT2D eigenvalue weighted by atomic mass is 9.98. The standard InChI is InChI=1S/C23H30N6O2/c1-14-11-29-20(25-22(14)27-9-7-17(24)12-27)10-18(26-29)19-6-4-5-8-28(19)23(30)21-16(3)15(2)13-31-21/h10-11,13,17,19H,4-9,12,24H2,1-3H3/t17-,19-/m0/s1. The van der Waals surface area contributed by atoms with Crippen molar-refractivity contribution in [2.24, 2.45) is 5.73 Å². The van der Waals surface area contributed by atoms with Crippen molar-refractivity contribution >= 4 is 17.4 Å². The molecule has 2 aliphatic heterocycles. The number of furan rings is 1. The van der Waals surface area contributed by atoms with E-state index >= 15 is 0 Å². The number of rotatable bonds is 3. The lowest BCUT2D eigenvalue weighted by Crippen LogP contribution is -2.38. The van der Waals surface area contributed by atoms with Gasteiger partial charge in [-0.05, 0) is 52.0 Å². The van der Waals surface area contributed by atoms with Gasteiger partial charge < -0.3 is 20.0 Å². The van der Waals surface area contributed by atoms with Crippen molar-refractivity contribution in [1.82, 2.24) is 19.5 Å². The SMILES string of the molecule is Cc1cn2nc([C@@H]3CCCCN3C(=O)c3occ(C)c3C)cc2nc1N1CC[C@H](N)C1. The van der Waals surface area contributed by atoms with Crippen LogP contribution >= 0.6 is 0 Å². The normalized spacial score (nSPS) is 21.9. The minimum Gasteiger partial charge on any atom is -0.459 e. The quantitative estimate of drug-likeness (QED) is 0.697. The molecule has 31 heavy (non-hydrogen) atoms. The molecule has 1 amide bonds. The van der Waals surface area contributed by atoms with Crippen LogP contribution in [0, 0.1) is 20.8 Å². The van der Waals surface area contributed by atoms with Crippen LogP contribution in [0.25, 0.3) is 5.65 Å². The number of aromatic nitrogens is 3. The molecule has 5 heterocycles. The summed E-state index contributed by atoms with van der Waals surface area (Å²) in [6, 6.07) is 2.15. The van der Waals surface area contributed by atoms with Crippen LogP contribution in [-0.2, 0) is 0 Å². The molecule has 164 valence electrons. The monoisotopic (exact) mass is 422 g/mol. The fourth-order valence-corrected chi connectivity index (χ4v) is 4.81. The second-order valence-electron chi connectivity index (χ2n) is 9.00. The summed E-state index contributed by atoms with van der Waals surface area (Å²) in [6.07, 6.45) is 7.63. The molecule has 2 atom stereocenters. The number of hydrogen-bond donors (Lipinski definition) is 1. The molecule has 0 unspecified atom stereocenters. The number of fused-ring (bicyclic) bond motifs is 1. The first-order valence-corrected chi connectivity index (χ1v) is 11.2. The number of anilines is 1. The van der Waals surface area contributed by atoms with Gasteiger partial charge in [0.25, 0.3) is 5.91 Å². The highest BCUT2D eigenvalue weighted by Crippen LogP contribution is 2.33. The molecule has 0 bridgehead atoms. The number of carbonyl (C=O) groups is 1. The number of aryl methyl sites for hydroxylation is 2. The zero-order valence-corrected chi connectivity index (χ0v) is 18.5. The molecule has 3 aromatic rings. The van der Waals surface area contributed by atoms with Gasteiger partial charge in [0.1, 0.15) is 5.82 Å². The minimum atomic E-state index is -0.0725. The van der Waals surface area contributed by atoms with E-state index in [1.54, 1.807) is 6.26 Å². The van der Waals surface area contributed by atoms with E-state index in [1.165, 1.54) is 0 Å². The highest BCUT2D eigenvalue weighted by molar-refractivity contribution is 5.93. The third kappa shape index (κ3) is 3.48. The third-order valence-corrected chi connectivity index (χ3v) is 6.73. The minimum absolute atomic E-state index is 0.0526. The first-order chi connectivity index (χ1) is 14.9. The van der Waals surface area contributed by atoms with Crippen molar-refractivity contribution < 1.29 is 9.21 Å².